The first-order chi connectivity index (χ1) is 14.6. The number of hydrogen-bond acceptors (Lipinski definition) is 6. The van der Waals surface area contributed by atoms with E-state index in [-0.39, 0.29) is 5.56 Å². The van der Waals surface area contributed by atoms with Gasteiger partial charge in [0.2, 0.25) is 0 Å². The van der Waals surface area contributed by atoms with Gasteiger partial charge >= 0.3 is 5.76 Å². The van der Waals surface area contributed by atoms with Gasteiger partial charge in [0.15, 0.2) is 10.7 Å². The molecule has 7 nitrogen and oxygen atoms in total. The molecule has 0 aliphatic carbocycles. The Balaban J connectivity index is 1.63. The van der Waals surface area contributed by atoms with Crippen molar-refractivity contribution < 1.29 is 9.15 Å². The van der Waals surface area contributed by atoms with Crippen molar-refractivity contribution in [3.05, 3.63) is 68.4 Å². The summed E-state index contributed by atoms with van der Waals surface area (Å²) >= 11 is 7.51. The highest BCUT2D eigenvalue weighted by Gasteiger charge is 2.13. The minimum atomic E-state index is -0.396. The average Bonchev–Trinajstić information content (AvgIpc) is 3.05. The van der Waals surface area contributed by atoms with Gasteiger partial charge in [0.05, 0.1) is 16.4 Å². The first kappa shape index (κ1) is 20.7. The number of para-hydroxylation sites is 2. The van der Waals surface area contributed by atoms with Crippen molar-refractivity contribution in [2.24, 2.45) is 0 Å². The van der Waals surface area contributed by atoms with Gasteiger partial charge in [0.1, 0.15) is 0 Å². The molecule has 2 heterocycles. The highest BCUT2D eigenvalue weighted by molar-refractivity contribution is 7.99. The van der Waals surface area contributed by atoms with Crippen LogP contribution in [0.1, 0.15) is 6.42 Å². The normalized spacial score (nSPS) is 11.5. The van der Waals surface area contributed by atoms with E-state index in [1.807, 2.05) is 18.2 Å². The van der Waals surface area contributed by atoms with Crippen molar-refractivity contribution in [1.82, 2.24) is 14.1 Å². The molecular formula is C21H20ClN3O4S. The molecule has 4 aromatic rings. The molecule has 0 fully saturated rings. The van der Waals surface area contributed by atoms with Crippen molar-refractivity contribution in [1.29, 1.82) is 0 Å². The molecular weight excluding hydrogens is 426 g/mol. The number of rotatable bonds is 8. The number of hydrogen-bond donors (Lipinski definition) is 0. The molecule has 0 saturated heterocycles. The van der Waals surface area contributed by atoms with Crippen molar-refractivity contribution in [3.63, 3.8) is 0 Å². The average molecular weight is 446 g/mol. The van der Waals surface area contributed by atoms with Crippen LogP contribution in [0, 0.1) is 0 Å². The number of oxazole rings is 1. The molecule has 0 spiro atoms. The van der Waals surface area contributed by atoms with E-state index in [2.05, 4.69) is 4.98 Å². The fourth-order valence-corrected chi connectivity index (χ4v) is 4.42. The van der Waals surface area contributed by atoms with Gasteiger partial charge in [-0.05, 0) is 36.8 Å². The number of benzene rings is 2. The summed E-state index contributed by atoms with van der Waals surface area (Å²) in [6.07, 6.45) is 0.691. The van der Waals surface area contributed by atoms with Crippen LogP contribution in [-0.4, -0.2) is 33.6 Å². The van der Waals surface area contributed by atoms with Crippen molar-refractivity contribution in [2.45, 2.75) is 24.7 Å². The Morgan fingerprint density at radius 3 is 2.80 bits per heavy atom. The maximum Gasteiger partial charge on any atom is 0.419 e. The number of thioether (sulfide) groups is 1. The van der Waals surface area contributed by atoms with Gasteiger partial charge in [-0.2, -0.15) is 0 Å². The van der Waals surface area contributed by atoms with Crippen LogP contribution in [0.15, 0.2) is 61.6 Å². The van der Waals surface area contributed by atoms with Crippen LogP contribution in [0.5, 0.6) is 0 Å². The third-order valence-corrected chi connectivity index (χ3v) is 5.92. The van der Waals surface area contributed by atoms with E-state index in [4.69, 9.17) is 20.8 Å². The van der Waals surface area contributed by atoms with E-state index in [1.54, 1.807) is 40.5 Å². The summed E-state index contributed by atoms with van der Waals surface area (Å²) in [6, 6.07) is 12.4. The molecule has 0 radical (unpaired) electrons. The Bertz CT molecular complexity index is 1310. The van der Waals surface area contributed by atoms with Crippen LogP contribution < -0.4 is 11.3 Å². The second kappa shape index (κ2) is 9.07. The Morgan fingerprint density at radius 1 is 1.13 bits per heavy atom. The highest BCUT2D eigenvalue weighted by Crippen LogP contribution is 2.21. The van der Waals surface area contributed by atoms with Crippen LogP contribution in [-0.2, 0) is 17.8 Å². The van der Waals surface area contributed by atoms with Crippen LogP contribution in [0.4, 0.5) is 0 Å². The van der Waals surface area contributed by atoms with Crippen LogP contribution in [0.2, 0.25) is 5.02 Å². The summed E-state index contributed by atoms with van der Waals surface area (Å²) in [4.78, 5) is 29.9. The quantitative estimate of drug-likeness (QED) is 0.233. The predicted molar refractivity (Wildman–Crippen MR) is 119 cm³/mol. The number of halogens is 1. The lowest BCUT2D eigenvalue weighted by Gasteiger charge is -2.13. The lowest BCUT2D eigenvalue weighted by atomic mass is 10.2. The minimum Gasteiger partial charge on any atom is -0.408 e. The zero-order chi connectivity index (χ0) is 21.1. The summed E-state index contributed by atoms with van der Waals surface area (Å²) in [7, 11) is 1.63. The Kier molecular flexibility index (Phi) is 6.26. The van der Waals surface area contributed by atoms with Gasteiger partial charge < -0.3 is 9.15 Å². The standard InChI is InChI=1S/C21H20ClN3O4S/c1-28-11-4-9-25-19(26)15-8-7-14(22)13-16(15)23-20(25)30-12-10-24-17-5-2-3-6-18(17)29-21(24)27/h2-3,5-8,13H,4,9-12H2,1H3. The van der Waals surface area contributed by atoms with E-state index < -0.39 is 5.76 Å². The lowest BCUT2D eigenvalue weighted by Crippen LogP contribution is -2.24. The predicted octanol–water partition coefficient (Wildman–Crippen LogP) is 3.79. The molecule has 9 heteroatoms. The molecule has 2 aromatic heterocycles. The number of aryl methyl sites for hydroxylation is 1. The van der Waals surface area contributed by atoms with Crippen molar-refractivity contribution in [2.75, 3.05) is 19.5 Å². The summed E-state index contributed by atoms with van der Waals surface area (Å²) < 4.78 is 13.7. The summed E-state index contributed by atoms with van der Waals surface area (Å²) in [5.41, 5.74) is 1.76. The molecule has 0 aliphatic heterocycles. The monoisotopic (exact) mass is 445 g/mol. The zero-order valence-corrected chi connectivity index (χ0v) is 17.9. The number of methoxy groups -OCH3 is 1. The topological polar surface area (TPSA) is 79.3 Å². The van der Waals surface area contributed by atoms with Gasteiger partial charge in [0, 0.05) is 37.6 Å². The fraction of sp³-hybridized carbons (Fsp3) is 0.286. The van der Waals surface area contributed by atoms with Gasteiger partial charge in [-0.3, -0.25) is 13.9 Å². The number of fused-ring (bicyclic) bond motifs is 2. The third-order valence-electron chi connectivity index (χ3n) is 4.73. The summed E-state index contributed by atoms with van der Waals surface area (Å²) in [5, 5.41) is 1.64. The molecule has 0 saturated carbocycles. The van der Waals surface area contributed by atoms with Crippen LogP contribution >= 0.6 is 23.4 Å². The van der Waals surface area contributed by atoms with Crippen molar-refractivity contribution >= 4 is 45.4 Å². The van der Waals surface area contributed by atoms with E-state index in [1.165, 1.54) is 11.8 Å². The van der Waals surface area contributed by atoms with E-state index in [0.717, 1.165) is 5.52 Å². The number of aromatic nitrogens is 3. The molecule has 0 amide bonds. The van der Waals surface area contributed by atoms with Crippen molar-refractivity contribution in [3.8, 4) is 0 Å². The maximum absolute atomic E-state index is 13.0. The fourth-order valence-electron chi connectivity index (χ4n) is 3.30. The summed E-state index contributed by atoms with van der Waals surface area (Å²) in [5.74, 6) is 0.152. The molecule has 0 atom stereocenters. The summed E-state index contributed by atoms with van der Waals surface area (Å²) in [6.45, 7) is 1.48. The van der Waals surface area contributed by atoms with Gasteiger partial charge in [0.25, 0.3) is 5.56 Å². The maximum atomic E-state index is 13.0. The molecule has 156 valence electrons. The van der Waals surface area contributed by atoms with Gasteiger partial charge in [-0.25, -0.2) is 9.78 Å². The molecule has 0 bridgehead atoms. The Hall–Kier alpha value is -2.55. The molecule has 0 unspecified atom stereocenters. The molecule has 0 aliphatic rings. The van der Waals surface area contributed by atoms with E-state index in [0.29, 0.717) is 58.5 Å². The third kappa shape index (κ3) is 4.16. The second-order valence-corrected chi connectivity index (χ2v) is 8.19. The van der Waals surface area contributed by atoms with Crippen LogP contribution in [0.25, 0.3) is 22.0 Å². The van der Waals surface area contributed by atoms with E-state index in [9.17, 15) is 9.59 Å². The first-order valence-electron chi connectivity index (χ1n) is 9.48. The molecule has 2 aromatic carbocycles. The van der Waals surface area contributed by atoms with Crippen LogP contribution in [0.3, 0.4) is 0 Å². The largest absolute Gasteiger partial charge is 0.419 e. The Labute approximate surface area is 181 Å². The Morgan fingerprint density at radius 2 is 1.97 bits per heavy atom. The SMILES string of the molecule is COCCCn1c(SCCn2c(=O)oc3ccccc32)nc2cc(Cl)ccc2c1=O. The van der Waals surface area contributed by atoms with Gasteiger partial charge in [-0.15, -0.1) is 0 Å². The minimum absolute atomic E-state index is 0.110. The molecule has 30 heavy (non-hydrogen) atoms. The first-order valence-corrected chi connectivity index (χ1v) is 10.8. The molecule has 4 rings (SSSR count). The second-order valence-electron chi connectivity index (χ2n) is 6.69. The smallest absolute Gasteiger partial charge is 0.408 e. The zero-order valence-electron chi connectivity index (χ0n) is 16.3. The number of nitrogens with zero attached hydrogens (tertiary/aromatic N) is 3. The lowest BCUT2D eigenvalue weighted by molar-refractivity contribution is 0.189. The van der Waals surface area contributed by atoms with E-state index >= 15 is 0 Å². The van der Waals surface area contributed by atoms with Gasteiger partial charge in [-0.1, -0.05) is 35.5 Å². The number of ether oxygens (including phenoxy) is 1. The molecule has 0 N–H and O–H groups in total. The highest BCUT2D eigenvalue weighted by atomic mass is 35.5.